The molecule has 0 saturated carbocycles. The highest BCUT2D eigenvalue weighted by Gasteiger charge is 2.38. The standard InChI is InChI=1S/C19H27N3O3S/c23-19(21-13-12-20-10-5-7-17(20)15-21)16-6-4-11-22(14-16)26(24,25)18-8-2-1-3-9-18/h1-3,8-9,16-17H,4-7,10-15H2. The Morgan fingerprint density at radius 2 is 1.69 bits per heavy atom. The number of carbonyl (C=O) groups excluding carboxylic acids is 1. The molecule has 142 valence electrons. The number of piperidine rings is 1. The van der Waals surface area contributed by atoms with E-state index in [-0.39, 0.29) is 11.8 Å². The van der Waals surface area contributed by atoms with E-state index in [0.29, 0.717) is 24.0 Å². The van der Waals surface area contributed by atoms with Crippen LogP contribution in [0, 0.1) is 5.92 Å². The molecule has 0 bridgehead atoms. The molecule has 3 aliphatic rings. The Kier molecular flexibility index (Phi) is 5.03. The molecule has 0 aromatic heterocycles. The van der Waals surface area contributed by atoms with Gasteiger partial charge in [0, 0.05) is 38.8 Å². The van der Waals surface area contributed by atoms with E-state index in [4.69, 9.17) is 0 Å². The molecule has 26 heavy (non-hydrogen) atoms. The highest BCUT2D eigenvalue weighted by molar-refractivity contribution is 7.89. The van der Waals surface area contributed by atoms with Crippen molar-refractivity contribution in [2.75, 3.05) is 39.3 Å². The number of carbonyl (C=O) groups is 1. The molecular weight excluding hydrogens is 350 g/mol. The smallest absolute Gasteiger partial charge is 0.243 e. The predicted molar refractivity (Wildman–Crippen MR) is 99.1 cm³/mol. The summed E-state index contributed by atoms with van der Waals surface area (Å²) in [7, 11) is -3.52. The van der Waals surface area contributed by atoms with Gasteiger partial charge in [0.15, 0.2) is 0 Å². The Morgan fingerprint density at radius 3 is 2.50 bits per heavy atom. The molecule has 3 heterocycles. The second-order valence-corrected chi connectivity index (χ2v) is 9.57. The average molecular weight is 378 g/mol. The van der Waals surface area contributed by atoms with Gasteiger partial charge in [-0.1, -0.05) is 18.2 Å². The second kappa shape index (κ2) is 7.29. The molecule has 0 spiro atoms. The molecule has 2 unspecified atom stereocenters. The van der Waals surface area contributed by atoms with Crippen LogP contribution in [0.2, 0.25) is 0 Å². The monoisotopic (exact) mass is 377 g/mol. The van der Waals surface area contributed by atoms with Crippen molar-refractivity contribution >= 4 is 15.9 Å². The molecule has 0 radical (unpaired) electrons. The Labute approximate surface area is 155 Å². The summed E-state index contributed by atoms with van der Waals surface area (Å²) in [4.78, 5) is 17.8. The van der Waals surface area contributed by atoms with Crippen LogP contribution < -0.4 is 0 Å². The summed E-state index contributed by atoms with van der Waals surface area (Å²) < 4.78 is 27.3. The normalized spacial score (nSPS) is 28.1. The quantitative estimate of drug-likeness (QED) is 0.799. The van der Waals surface area contributed by atoms with Crippen molar-refractivity contribution in [1.82, 2.24) is 14.1 Å². The van der Waals surface area contributed by atoms with Crippen LogP contribution in [0.3, 0.4) is 0 Å². The Hall–Kier alpha value is -1.44. The van der Waals surface area contributed by atoms with Crippen molar-refractivity contribution in [1.29, 1.82) is 0 Å². The molecule has 7 heteroatoms. The van der Waals surface area contributed by atoms with Crippen LogP contribution in [0.5, 0.6) is 0 Å². The number of nitrogens with zero attached hydrogens (tertiary/aromatic N) is 3. The van der Waals surface area contributed by atoms with Crippen LogP contribution in [0.15, 0.2) is 35.2 Å². The van der Waals surface area contributed by atoms with Crippen LogP contribution >= 0.6 is 0 Å². The average Bonchev–Trinajstić information content (AvgIpc) is 3.16. The molecule has 0 N–H and O–H groups in total. The fraction of sp³-hybridized carbons (Fsp3) is 0.632. The summed E-state index contributed by atoms with van der Waals surface area (Å²) in [5, 5.41) is 0. The van der Waals surface area contributed by atoms with Gasteiger partial charge in [0.2, 0.25) is 15.9 Å². The topological polar surface area (TPSA) is 60.9 Å². The fourth-order valence-electron chi connectivity index (χ4n) is 4.55. The van der Waals surface area contributed by atoms with Crippen molar-refractivity contribution in [2.24, 2.45) is 5.92 Å². The van der Waals surface area contributed by atoms with Crippen LogP contribution in [0.1, 0.15) is 25.7 Å². The van der Waals surface area contributed by atoms with E-state index in [1.54, 1.807) is 24.3 Å². The summed E-state index contributed by atoms with van der Waals surface area (Å²) in [6.07, 6.45) is 3.92. The molecule has 0 aliphatic carbocycles. The third-order valence-corrected chi connectivity index (χ3v) is 7.89. The van der Waals surface area contributed by atoms with Gasteiger partial charge in [-0.3, -0.25) is 9.69 Å². The summed E-state index contributed by atoms with van der Waals surface area (Å²) >= 11 is 0. The Balaban J connectivity index is 1.44. The Bertz CT molecular complexity index is 753. The summed E-state index contributed by atoms with van der Waals surface area (Å²) in [5.74, 6) is -0.0697. The van der Waals surface area contributed by atoms with Crippen LogP contribution in [-0.4, -0.2) is 73.7 Å². The zero-order valence-corrected chi connectivity index (χ0v) is 15.9. The molecule has 6 nitrogen and oxygen atoms in total. The van der Waals surface area contributed by atoms with Crippen molar-refractivity contribution in [3.8, 4) is 0 Å². The lowest BCUT2D eigenvalue weighted by atomic mass is 9.97. The zero-order chi connectivity index (χ0) is 18.1. The fourth-order valence-corrected chi connectivity index (χ4v) is 6.10. The van der Waals surface area contributed by atoms with Gasteiger partial charge in [0.05, 0.1) is 10.8 Å². The van der Waals surface area contributed by atoms with E-state index in [1.165, 1.54) is 17.1 Å². The number of hydrogen-bond donors (Lipinski definition) is 0. The number of benzene rings is 1. The maximum Gasteiger partial charge on any atom is 0.243 e. The van der Waals surface area contributed by atoms with Gasteiger partial charge < -0.3 is 4.90 Å². The third-order valence-electron chi connectivity index (χ3n) is 6.01. The summed E-state index contributed by atoms with van der Waals surface area (Å²) in [6, 6.07) is 9.03. The lowest BCUT2D eigenvalue weighted by Crippen LogP contribution is -2.55. The molecule has 4 rings (SSSR count). The van der Waals surface area contributed by atoms with Crippen LogP contribution in [-0.2, 0) is 14.8 Å². The van der Waals surface area contributed by atoms with E-state index >= 15 is 0 Å². The maximum atomic E-state index is 13.0. The summed E-state index contributed by atoms with van der Waals surface area (Å²) in [5.41, 5.74) is 0. The SMILES string of the molecule is O=C(C1CCCN(S(=O)(=O)c2ccccc2)C1)N1CCN2CCCC2C1. The predicted octanol–water partition coefficient (Wildman–Crippen LogP) is 1.39. The first kappa shape index (κ1) is 17.9. The van der Waals surface area contributed by atoms with Gasteiger partial charge in [-0.25, -0.2) is 8.42 Å². The highest BCUT2D eigenvalue weighted by atomic mass is 32.2. The van der Waals surface area contributed by atoms with Crippen LogP contribution in [0.4, 0.5) is 0 Å². The van der Waals surface area contributed by atoms with E-state index in [1.807, 2.05) is 11.0 Å². The molecule has 1 aromatic rings. The molecule has 1 aromatic carbocycles. The molecule has 1 amide bonds. The third kappa shape index (κ3) is 3.40. The van der Waals surface area contributed by atoms with Gasteiger partial charge in [-0.15, -0.1) is 0 Å². The van der Waals surface area contributed by atoms with Gasteiger partial charge >= 0.3 is 0 Å². The molecule has 2 atom stereocenters. The molecule has 3 fully saturated rings. The second-order valence-electron chi connectivity index (χ2n) is 7.63. The Morgan fingerprint density at radius 1 is 0.923 bits per heavy atom. The lowest BCUT2D eigenvalue weighted by molar-refractivity contribution is -0.139. The number of piperazine rings is 1. The largest absolute Gasteiger partial charge is 0.340 e. The summed E-state index contributed by atoms with van der Waals surface area (Å²) in [6.45, 7) is 4.49. The number of rotatable bonds is 3. The van der Waals surface area contributed by atoms with Crippen molar-refractivity contribution < 1.29 is 13.2 Å². The van der Waals surface area contributed by atoms with Crippen molar-refractivity contribution in [3.63, 3.8) is 0 Å². The number of sulfonamides is 1. The van der Waals surface area contributed by atoms with Gasteiger partial charge in [0.25, 0.3) is 0 Å². The first-order valence-electron chi connectivity index (χ1n) is 9.64. The zero-order valence-electron chi connectivity index (χ0n) is 15.1. The minimum atomic E-state index is -3.52. The number of fused-ring (bicyclic) bond motifs is 1. The minimum Gasteiger partial charge on any atom is -0.340 e. The van der Waals surface area contributed by atoms with Crippen molar-refractivity contribution in [3.05, 3.63) is 30.3 Å². The maximum absolute atomic E-state index is 13.0. The first-order valence-corrected chi connectivity index (χ1v) is 11.1. The highest BCUT2D eigenvalue weighted by Crippen LogP contribution is 2.27. The molecule has 3 saturated heterocycles. The number of amides is 1. The molecular formula is C19H27N3O3S. The van der Waals surface area contributed by atoms with E-state index < -0.39 is 10.0 Å². The van der Waals surface area contributed by atoms with E-state index in [9.17, 15) is 13.2 Å². The van der Waals surface area contributed by atoms with Gasteiger partial charge in [0.1, 0.15) is 0 Å². The van der Waals surface area contributed by atoms with E-state index in [2.05, 4.69) is 4.90 Å². The van der Waals surface area contributed by atoms with Crippen LogP contribution in [0.25, 0.3) is 0 Å². The first-order chi connectivity index (χ1) is 12.6. The lowest BCUT2D eigenvalue weighted by Gasteiger charge is -2.40. The van der Waals surface area contributed by atoms with Crippen molar-refractivity contribution in [2.45, 2.75) is 36.6 Å². The minimum absolute atomic E-state index is 0.143. The molecule has 3 aliphatic heterocycles. The van der Waals surface area contributed by atoms with Gasteiger partial charge in [-0.05, 0) is 44.4 Å². The van der Waals surface area contributed by atoms with E-state index in [0.717, 1.165) is 39.0 Å². The van der Waals surface area contributed by atoms with Gasteiger partial charge in [-0.2, -0.15) is 4.31 Å². The number of hydrogen-bond acceptors (Lipinski definition) is 4.